The standard InChI is InChI=1S/C21H41NO3.C10H18O3.C5H11Br.C5H12.2C2H6.CH4/c1-3-4-5-6-7-8-9-13-16-25-21(24)14-11-10-12-15-22-18-20(23)17-19(22)2;1-10(12)7-5-3-2-4-6-8-13-9-11;1-2-3-4-5-6;1-3-5-4-2;2*1-2;/h19-20,23H,3-18H2,1-2H3;9H,2-8H2,1H3;2-5H2,1H3;3-5H2,1-2H3;2*1-2H3;1H4. The Bertz CT molecular complexity index is 676. The summed E-state index contributed by atoms with van der Waals surface area (Å²) >= 11 is 3.35. The van der Waals surface area contributed by atoms with E-state index in [-0.39, 0.29) is 25.3 Å². The largest absolute Gasteiger partial charge is 0.468 e. The van der Waals surface area contributed by atoms with E-state index < -0.39 is 0 Å². The number of esters is 1. The van der Waals surface area contributed by atoms with Crippen LogP contribution in [-0.4, -0.2) is 72.0 Å². The van der Waals surface area contributed by atoms with Crippen molar-refractivity contribution >= 4 is 34.2 Å². The zero-order valence-corrected chi connectivity index (χ0v) is 38.8. The average Bonchev–Trinajstić information content (AvgIpc) is 3.49. The molecule has 7 nitrogen and oxygen atoms in total. The number of hydrogen-bond donors (Lipinski definition) is 1. The number of hydrogen-bond acceptors (Lipinski definition) is 7. The van der Waals surface area contributed by atoms with Crippen LogP contribution in [0.4, 0.5) is 0 Å². The molecule has 330 valence electrons. The molecule has 0 aromatic heterocycles. The van der Waals surface area contributed by atoms with E-state index in [1.54, 1.807) is 6.92 Å². The van der Waals surface area contributed by atoms with Crippen LogP contribution in [0.3, 0.4) is 0 Å². The molecule has 54 heavy (non-hydrogen) atoms. The Kier molecular flexibility index (Phi) is 73.6. The number of Topliss-reactive ketones (excluding diaryl/α,β-unsaturated/α-hetero) is 1. The van der Waals surface area contributed by atoms with Crippen LogP contribution in [0.5, 0.6) is 0 Å². The molecule has 1 heterocycles. The van der Waals surface area contributed by atoms with Gasteiger partial charge in [-0.1, -0.05) is 181 Å². The minimum atomic E-state index is -0.152. The van der Waals surface area contributed by atoms with Gasteiger partial charge in [0.2, 0.25) is 0 Å². The predicted molar refractivity (Wildman–Crippen MR) is 242 cm³/mol. The van der Waals surface area contributed by atoms with E-state index in [4.69, 9.17) is 4.74 Å². The minimum Gasteiger partial charge on any atom is -0.468 e. The van der Waals surface area contributed by atoms with E-state index in [1.807, 2.05) is 27.7 Å². The van der Waals surface area contributed by atoms with Gasteiger partial charge in [-0.2, -0.15) is 0 Å². The average molecular weight is 841 g/mol. The van der Waals surface area contributed by atoms with Gasteiger partial charge in [0.25, 0.3) is 6.47 Å². The lowest BCUT2D eigenvalue weighted by Crippen LogP contribution is -2.28. The number of aliphatic hydroxyl groups excluding tert-OH is 1. The Morgan fingerprint density at radius 2 is 1.11 bits per heavy atom. The molecular weight excluding hydrogens is 742 g/mol. The summed E-state index contributed by atoms with van der Waals surface area (Å²) in [6.07, 6.45) is 28.5. The highest BCUT2D eigenvalue weighted by Crippen LogP contribution is 2.18. The van der Waals surface area contributed by atoms with Crippen LogP contribution >= 0.6 is 15.9 Å². The van der Waals surface area contributed by atoms with Crippen molar-refractivity contribution in [3.8, 4) is 0 Å². The second-order valence-electron chi connectivity index (χ2n) is 13.7. The molecule has 2 atom stereocenters. The highest BCUT2D eigenvalue weighted by molar-refractivity contribution is 9.09. The third kappa shape index (κ3) is 63.0. The molecule has 1 aliphatic heterocycles. The molecule has 0 spiro atoms. The van der Waals surface area contributed by atoms with E-state index in [0.717, 1.165) is 77.3 Å². The number of halogens is 1. The van der Waals surface area contributed by atoms with E-state index in [9.17, 15) is 19.5 Å². The van der Waals surface area contributed by atoms with Gasteiger partial charge in [-0.05, 0) is 65.3 Å². The summed E-state index contributed by atoms with van der Waals surface area (Å²) in [6.45, 7) is 24.1. The Hall–Kier alpha value is -0.990. The normalized spacial score (nSPS) is 14.0. The maximum Gasteiger partial charge on any atom is 0.305 e. The van der Waals surface area contributed by atoms with E-state index >= 15 is 0 Å². The van der Waals surface area contributed by atoms with Crippen LogP contribution in [0.2, 0.25) is 0 Å². The quantitative estimate of drug-likeness (QED) is 0.0347. The molecule has 0 aromatic rings. The van der Waals surface area contributed by atoms with Gasteiger partial charge in [-0.25, -0.2) is 0 Å². The molecule has 0 amide bonds. The van der Waals surface area contributed by atoms with E-state index in [0.29, 0.717) is 38.6 Å². The van der Waals surface area contributed by atoms with Gasteiger partial charge < -0.3 is 19.4 Å². The molecule has 8 heteroatoms. The molecule has 0 radical (unpaired) electrons. The topological polar surface area (TPSA) is 93.1 Å². The highest BCUT2D eigenvalue weighted by atomic mass is 79.9. The van der Waals surface area contributed by atoms with Crippen LogP contribution in [0.15, 0.2) is 0 Å². The smallest absolute Gasteiger partial charge is 0.305 e. The van der Waals surface area contributed by atoms with Gasteiger partial charge in [0.15, 0.2) is 0 Å². The Balaban J connectivity index is -0.000000165. The van der Waals surface area contributed by atoms with E-state index in [2.05, 4.69) is 60.2 Å². The van der Waals surface area contributed by atoms with Crippen molar-refractivity contribution in [3.63, 3.8) is 0 Å². The molecule has 1 saturated heterocycles. The molecule has 0 saturated carbocycles. The summed E-state index contributed by atoms with van der Waals surface area (Å²) in [6, 6.07) is 0.492. The first-order valence-electron chi connectivity index (χ1n) is 22.4. The summed E-state index contributed by atoms with van der Waals surface area (Å²) < 4.78 is 9.86. The molecule has 1 rings (SSSR count). The first kappa shape index (κ1) is 64.9. The van der Waals surface area contributed by atoms with Crippen LogP contribution in [0, 0.1) is 0 Å². The monoisotopic (exact) mass is 840 g/mol. The second kappa shape index (κ2) is 61.2. The Labute approximate surface area is 347 Å². The van der Waals surface area contributed by atoms with Crippen molar-refractivity contribution in [2.24, 2.45) is 0 Å². The van der Waals surface area contributed by atoms with Gasteiger partial charge in [-0.3, -0.25) is 14.5 Å². The highest BCUT2D eigenvalue weighted by Gasteiger charge is 2.26. The molecule has 1 N–H and O–H groups in total. The van der Waals surface area contributed by atoms with Gasteiger partial charge in [0.1, 0.15) is 5.78 Å². The number of ether oxygens (including phenoxy) is 2. The number of unbranched alkanes of at least 4 members (excludes halogenated alkanes) is 17. The summed E-state index contributed by atoms with van der Waals surface area (Å²) in [5.74, 6) is 0.234. The number of carbonyl (C=O) groups is 3. The maximum absolute atomic E-state index is 11.7. The molecule has 0 aromatic carbocycles. The molecule has 0 aliphatic carbocycles. The molecule has 1 aliphatic rings. The van der Waals surface area contributed by atoms with Crippen molar-refractivity contribution in [2.45, 2.75) is 249 Å². The van der Waals surface area contributed by atoms with Crippen molar-refractivity contribution in [3.05, 3.63) is 0 Å². The molecule has 2 unspecified atom stereocenters. The number of aliphatic hydroxyl groups is 1. The molecular formula is C46H98BrNO6. The number of alkyl halides is 1. The Morgan fingerprint density at radius 3 is 1.54 bits per heavy atom. The van der Waals surface area contributed by atoms with Crippen molar-refractivity contribution < 1.29 is 29.0 Å². The first-order chi connectivity index (χ1) is 25.7. The van der Waals surface area contributed by atoms with Crippen molar-refractivity contribution in [2.75, 3.05) is 31.6 Å². The predicted octanol–water partition coefficient (Wildman–Crippen LogP) is 14.2. The minimum absolute atomic E-state index is 0. The lowest BCUT2D eigenvalue weighted by molar-refractivity contribution is -0.144. The second-order valence-corrected chi connectivity index (χ2v) is 14.5. The summed E-state index contributed by atoms with van der Waals surface area (Å²) in [5.41, 5.74) is 0. The summed E-state index contributed by atoms with van der Waals surface area (Å²) in [7, 11) is 0. The lowest BCUT2D eigenvalue weighted by atomic mass is 10.1. The van der Waals surface area contributed by atoms with Crippen LogP contribution in [0.25, 0.3) is 0 Å². The third-order valence-electron chi connectivity index (χ3n) is 8.57. The summed E-state index contributed by atoms with van der Waals surface area (Å²) in [4.78, 5) is 34.4. The van der Waals surface area contributed by atoms with Gasteiger partial charge in [0, 0.05) is 30.8 Å². The fourth-order valence-electron chi connectivity index (χ4n) is 5.47. The SMILES string of the molecule is C.CC.CC.CC(=O)CCCCCCCOC=O.CCCCC.CCCCCBr.CCCCCCCCCCOC(=O)CCCCCN1CC(O)CC1C. The third-order valence-corrected chi connectivity index (χ3v) is 9.13. The molecule has 1 fully saturated rings. The number of ketones is 1. The lowest BCUT2D eigenvalue weighted by Gasteiger charge is -2.20. The first-order valence-corrected chi connectivity index (χ1v) is 23.5. The van der Waals surface area contributed by atoms with Crippen LogP contribution < -0.4 is 0 Å². The number of carbonyl (C=O) groups excluding carboxylic acids is 3. The fraction of sp³-hybridized carbons (Fsp3) is 0.935. The number of β-amino-alcohol motifs (C(OH)–C–C–N with tert-alkyl or cyclic N) is 1. The van der Waals surface area contributed by atoms with Crippen molar-refractivity contribution in [1.82, 2.24) is 4.90 Å². The van der Waals surface area contributed by atoms with Crippen LogP contribution in [0.1, 0.15) is 237 Å². The molecule has 0 bridgehead atoms. The van der Waals surface area contributed by atoms with Crippen LogP contribution in [-0.2, 0) is 23.9 Å². The maximum atomic E-state index is 11.7. The Morgan fingerprint density at radius 1 is 0.667 bits per heavy atom. The van der Waals surface area contributed by atoms with Gasteiger partial charge >= 0.3 is 5.97 Å². The zero-order valence-electron chi connectivity index (χ0n) is 37.3. The van der Waals surface area contributed by atoms with E-state index in [1.165, 1.54) is 88.8 Å². The van der Waals surface area contributed by atoms with Gasteiger partial charge in [-0.15, -0.1) is 0 Å². The number of likely N-dealkylation sites (tertiary alicyclic amines) is 1. The summed E-state index contributed by atoms with van der Waals surface area (Å²) in [5, 5.41) is 10.8. The van der Waals surface area contributed by atoms with Crippen molar-refractivity contribution in [1.29, 1.82) is 0 Å². The van der Waals surface area contributed by atoms with Gasteiger partial charge in [0.05, 0.1) is 19.3 Å². The number of rotatable bonds is 29. The fourth-order valence-corrected chi connectivity index (χ4v) is 5.87. The zero-order chi connectivity index (χ0) is 41.2. The number of nitrogens with zero attached hydrogens (tertiary/aromatic N) is 1.